The number of carbonyl (C=O) groups excluding carboxylic acids is 1. The van der Waals surface area contributed by atoms with Crippen molar-refractivity contribution in [1.82, 2.24) is 10.2 Å². The van der Waals surface area contributed by atoms with E-state index < -0.39 is 9.80 Å². The fraction of sp³-hybridized carbons (Fsp3) is 0.667. The first kappa shape index (κ1) is 9.34. The summed E-state index contributed by atoms with van der Waals surface area (Å²) in [5.41, 5.74) is 0. The Labute approximate surface area is 71.6 Å². The van der Waals surface area contributed by atoms with Crippen molar-refractivity contribution in [2.45, 2.75) is 0 Å². The molecule has 1 aliphatic heterocycles. The molecule has 0 saturated carbocycles. The van der Waals surface area contributed by atoms with E-state index in [4.69, 9.17) is 4.55 Å². The molecule has 6 heteroatoms. The third kappa shape index (κ3) is 2.71. The molecular weight excluding hydrogens is 180 g/mol. The molecule has 0 aliphatic carbocycles. The van der Waals surface area contributed by atoms with Crippen LogP contribution in [0, 0.1) is 0 Å². The number of urea groups is 1. The Morgan fingerprint density at radius 3 is 2.92 bits per heavy atom. The lowest BCUT2D eigenvalue weighted by atomic mass is 10.6. The molecule has 5 nitrogen and oxygen atoms in total. The summed E-state index contributed by atoms with van der Waals surface area (Å²) >= 11 is 0. The van der Waals surface area contributed by atoms with Crippen LogP contribution in [0.2, 0.25) is 0 Å². The van der Waals surface area contributed by atoms with Gasteiger partial charge in [-0.05, 0) is 0 Å². The van der Waals surface area contributed by atoms with Gasteiger partial charge in [-0.1, -0.05) is 0 Å². The van der Waals surface area contributed by atoms with Crippen molar-refractivity contribution in [2.75, 3.05) is 25.9 Å². The van der Waals surface area contributed by atoms with Crippen molar-refractivity contribution in [2.24, 2.45) is 0 Å². The van der Waals surface area contributed by atoms with Crippen LogP contribution >= 0.6 is 0 Å². The predicted molar refractivity (Wildman–Crippen MR) is 47.7 cm³/mol. The van der Waals surface area contributed by atoms with Crippen molar-refractivity contribution in [3.8, 4) is 0 Å². The number of nitrogens with one attached hydrogen (secondary N) is 1. The summed E-state index contributed by atoms with van der Waals surface area (Å²) in [5, 5.41) is 3.85. The summed E-state index contributed by atoms with van der Waals surface area (Å²) in [5.74, 6) is 0. The Kier molecular flexibility index (Phi) is 2.58. The number of carbonyl (C=O) groups is 1. The number of amides is 2. The van der Waals surface area contributed by atoms with E-state index in [1.807, 2.05) is 0 Å². The lowest BCUT2D eigenvalue weighted by molar-refractivity contribution is 0.223. The molecule has 0 aromatic carbocycles. The minimum atomic E-state index is -2.83. The third-order valence-electron chi connectivity index (χ3n) is 1.55. The largest absolute Gasteiger partial charge is 0.336 e. The highest BCUT2D eigenvalue weighted by Gasteiger charge is 2.17. The molecule has 0 aromatic heterocycles. The second-order valence-corrected chi connectivity index (χ2v) is 4.76. The van der Waals surface area contributed by atoms with Crippen LogP contribution in [-0.4, -0.2) is 51.0 Å². The van der Waals surface area contributed by atoms with Crippen LogP contribution in [0.5, 0.6) is 0 Å². The van der Waals surface area contributed by atoms with Crippen molar-refractivity contribution in [3.63, 3.8) is 0 Å². The molecule has 1 unspecified atom stereocenters. The van der Waals surface area contributed by atoms with Crippen molar-refractivity contribution >= 4 is 21.2 Å². The highest BCUT2D eigenvalue weighted by atomic mass is 32.2. The fourth-order valence-electron chi connectivity index (χ4n) is 0.914. The maximum Gasteiger partial charge on any atom is 0.317 e. The smallest absolute Gasteiger partial charge is 0.317 e. The van der Waals surface area contributed by atoms with E-state index in [0.717, 1.165) is 0 Å². The first-order valence-corrected chi connectivity index (χ1v) is 5.55. The second-order valence-electron chi connectivity index (χ2n) is 2.71. The van der Waals surface area contributed by atoms with Gasteiger partial charge in [0.1, 0.15) is 0 Å². The van der Waals surface area contributed by atoms with Gasteiger partial charge < -0.3 is 14.8 Å². The van der Waals surface area contributed by atoms with E-state index in [0.29, 0.717) is 13.1 Å². The maximum atomic E-state index is 10.9. The average Bonchev–Trinajstić information content (AvgIpc) is 2.29. The summed E-state index contributed by atoms with van der Waals surface area (Å²) in [6, 6.07) is -0.171. The van der Waals surface area contributed by atoms with Gasteiger partial charge in [0.05, 0.1) is 16.3 Å². The summed E-state index contributed by atoms with van der Waals surface area (Å²) in [6.45, 7) is 1.45. The van der Waals surface area contributed by atoms with Gasteiger partial charge in [-0.15, -0.1) is 0 Å². The van der Waals surface area contributed by atoms with E-state index in [1.165, 1.54) is 16.5 Å². The first-order valence-electron chi connectivity index (χ1n) is 3.57. The summed E-state index contributed by atoms with van der Waals surface area (Å²) in [4.78, 5) is 12.4. The molecule has 0 aromatic rings. The molecule has 2 amide bonds. The Balaban J connectivity index is 2.53. The van der Waals surface area contributed by atoms with Crippen molar-refractivity contribution in [1.29, 1.82) is 0 Å². The maximum absolute atomic E-state index is 10.9. The van der Waals surface area contributed by atoms with Crippen molar-refractivity contribution < 1.29 is 13.6 Å². The Bertz CT molecular complexity index is 285. The topological polar surface area (TPSA) is 69.6 Å². The monoisotopic (exact) mass is 192 g/mol. The van der Waals surface area contributed by atoms with E-state index in [-0.39, 0.29) is 12.6 Å². The molecule has 1 fully saturated rings. The van der Waals surface area contributed by atoms with E-state index in [2.05, 4.69) is 5.32 Å². The fourth-order valence-corrected chi connectivity index (χ4v) is 1.37. The second kappa shape index (κ2) is 3.32. The molecule has 0 bridgehead atoms. The zero-order valence-corrected chi connectivity index (χ0v) is 7.63. The predicted octanol–water partition coefficient (Wildman–Crippen LogP) is -0.799. The van der Waals surface area contributed by atoms with Gasteiger partial charge in [-0.2, -0.15) is 0 Å². The molecular formula is C6H12N2O3S. The molecule has 12 heavy (non-hydrogen) atoms. The molecule has 1 saturated heterocycles. The summed E-state index contributed by atoms with van der Waals surface area (Å²) in [6.07, 6.45) is 1.22. The standard InChI is InChI=1S/C6H12N2O3S/c1-12(10,11)5-4-8-3-2-7-6(8)9/h5H,2-4H2,1H3,(H,7,9)(H,10,11). The lowest BCUT2D eigenvalue weighted by Gasteiger charge is -2.10. The van der Waals surface area contributed by atoms with Crippen molar-refractivity contribution in [3.05, 3.63) is 0 Å². The van der Waals surface area contributed by atoms with Gasteiger partial charge >= 0.3 is 6.03 Å². The Morgan fingerprint density at radius 1 is 1.83 bits per heavy atom. The van der Waals surface area contributed by atoms with E-state index >= 15 is 0 Å². The van der Waals surface area contributed by atoms with Gasteiger partial charge in [-0.25, -0.2) is 9.00 Å². The SMILES string of the molecule is CS(=O)(O)=CCN1CCNC1=O. The van der Waals surface area contributed by atoms with Gasteiger partial charge in [0.2, 0.25) is 0 Å². The van der Waals surface area contributed by atoms with Gasteiger partial charge in [0, 0.05) is 24.7 Å². The average molecular weight is 192 g/mol. The number of nitrogens with zero attached hydrogens (tertiary/aromatic N) is 1. The Hall–Kier alpha value is -0.750. The molecule has 2 N–H and O–H groups in total. The molecule has 70 valence electrons. The van der Waals surface area contributed by atoms with Crippen LogP contribution in [0.4, 0.5) is 4.79 Å². The summed E-state index contributed by atoms with van der Waals surface area (Å²) < 4.78 is 19.7. The minimum Gasteiger partial charge on any atom is -0.336 e. The minimum absolute atomic E-state index is 0.171. The molecule has 0 spiro atoms. The lowest BCUT2D eigenvalue weighted by Crippen LogP contribution is -2.30. The Morgan fingerprint density at radius 2 is 2.50 bits per heavy atom. The van der Waals surface area contributed by atoms with Crippen LogP contribution in [-0.2, 0) is 9.80 Å². The van der Waals surface area contributed by atoms with Crippen LogP contribution in [0.3, 0.4) is 0 Å². The highest BCUT2D eigenvalue weighted by molar-refractivity contribution is 7.95. The van der Waals surface area contributed by atoms with Crippen LogP contribution < -0.4 is 5.32 Å². The van der Waals surface area contributed by atoms with Crippen LogP contribution in [0.15, 0.2) is 0 Å². The van der Waals surface area contributed by atoms with E-state index in [9.17, 15) is 9.00 Å². The highest BCUT2D eigenvalue weighted by Crippen LogP contribution is 1.94. The first-order chi connectivity index (χ1) is 5.49. The molecule has 0 radical (unpaired) electrons. The molecule has 1 rings (SSSR count). The number of rotatable bonds is 2. The molecule has 1 aliphatic rings. The molecule has 1 atom stereocenters. The zero-order chi connectivity index (χ0) is 9.19. The molecule has 1 heterocycles. The quantitative estimate of drug-likeness (QED) is 0.563. The third-order valence-corrected chi connectivity index (χ3v) is 2.32. The zero-order valence-electron chi connectivity index (χ0n) is 6.82. The van der Waals surface area contributed by atoms with Crippen LogP contribution in [0.25, 0.3) is 0 Å². The number of hydrogen-bond donors (Lipinski definition) is 2. The normalized spacial score (nSPS) is 21.8. The van der Waals surface area contributed by atoms with E-state index in [1.54, 1.807) is 0 Å². The van der Waals surface area contributed by atoms with Crippen LogP contribution in [0.1, 0.15) is 0 Å². The van der Waals surface area contributed by atoms with Gasteiger partial charge in [0.15, 0.2) is 0 Å². The summed E-state index contributed by atoms with van der Waals surface area (Å²) in [7, 11) is -2.83. The number of hydrogen-bond acceptors (Lipinski definition) is 2. The van der Waals surface area contributed by atoms with Gasteiger partial charge in [0.25, 0.3) is 0 Å². The van der Waals surface area contributed by atoms with Gasteiger partial charge in [-0.3, -0.25) is 0 Å².